The Morgan fingerprint density at radius 1 is 1.17 bits per heavy atom. The molecule has 160 valence electrons. The average Bonchev–Trinajstić information content (AvgIpc) is 2.78. The molecule has 0 aliphatic carbocycles. The van der Waals surface area contributed by atoms with Crippen molar-refractivity contribution in [3.8, 4) is 0 Å². The van der Waals surface area contributed by atoms with E-state index in [0.29, 0.717) is 32.5 Å². The summed E-state index contributed by atoms with van der Waals surface area (Å²) in [5.74, 6) is -0.653. The van der Waals surface area contributed by atoms with Crippen molar-refractivity contribution in [2.45, 2.75) is 45.2 Å². The zero-order valence-corrected chi connectivity index (χ0v) is 17.3. The molecule has 7 heteroatoms. The number of piperidine rings is 1. The third-order valence-electron chi connectivity index (χ3n) is 5.46. The number of unbranched alkanes of at least 4 members (excludes halogenated alkanes) is 1. The van der Waals surface area contributed by atoms with Crippen molar-refractivity contribution in [3.63, 3.8) is 0 Å². The van der Waals surface area contributed by atoms with E-state index in [4.69, 9.17) is 0 Å². The van der Waals surface area contributed by atoms with Crippen LogP contribution in [-0.2, 0) is 11.3 Å². The van der Waals surface area contributed by atoms with Crippen LogP contribution in [0.25, 0.3) is 0 Å². The lowest BCUT2D eigenvalue weighted by molar-refractivity contribution is -0.126. The molecule has 1 aliphatic rings. The maximum Gasteiger partial charge on any atom is 0.317 e. The van der Waals surface area contributed by atoms with Crippen molar-refractivity contribution < 1.29 is 14.0 Å². The third-order valence-corrected chi connectivity index (χ3v) is 5.46. The van der Waals surface area contributed by atoms with Crippen molar-refractivity contribution in [1.29, 1.82) is 0 Å². The van der Waals surface area contributed by atoms with Crippen LogP contribution in [0.1, 0.15) is 49.8 Å². The first-order valence-electron chi connectivity index (χ1n) is 10.5. The lowest BCUT2D eigenvalue weighted by Crippen LogP contribution is -2.50. The second-order valence-corrected chi connectivity index (χ2v) is 7.66. The number of pyridine rings is 1. The first-order chi connectivity index (χ1) is 14.6. The average molecular weight is 413 g/mol. The number of aromatic nitrogens is 1. The van der Waals surface area contributed by atoms with E-state index in [1.54, 1.807) is 29.4 Å². The lowest BCUT2D eigenvalue weighted by atomic mass is 9.88. The normalized spacial score (nSPS) is 18.7. The Labute approximate surface area is 176 Å². The van der Waals surface area contributed by atoms with Crippen LogP contribution in [0.3, 0.4) is 0 Å². The number of rotatable bonds is 7. The summed E-state index contributed by atoms with van der Waals surface area (Å²) in [6.07, 6.45) is 6.62. The fourth-order valence-corrected chi connectivity index (χ4v) is 3.75. The van der Waals surface area contributed by atoms with Crippen LogP contribution in [-0.4, -0.2) is 34.9 Å². The summed E-state index contributed by atoms with van der Waals surface area (Å²) in [5.41, 5.74) is 1.82. The van der Waals surface area contributed by atoms with Gasteiger partial charge in [0.2, 0.25) is 5.91 Å². The van der Waals surface area contributed by atoms with Gasteiger partial charge in [-0.3, -0.25) is 9.78 Å². The molecule has 1 aliphatic heterocycles. The molecule has 2 heterocycles. The molecule has 1 aromatic carbocycles. The zero-order chi connectivity index (χ0) is 21.3. The largest absolute Gasteiger partial charge is 0.352 e. The van der Waals surface area contributed by atoms with Gasteiger partial charge in [-0.15, -0.1) is 0 Å². The molecule has 0 saturated carbocycles. The number of carbonyl (C=O) groups excluding carboxylic acids is 2. The highest BCUT2D eigenvalue weighted by Gasteiger charge is 2.35. The molecule has 0 spiro atoms. The number of hydrogen-bond donors (Lipinski definition) is 2. The van der Waals surface area contributed by atoms with Gasteiger partial charge < -0.3 is 15.5 Å². The van der Waals surface area contributed by atoms with Gasteiger partial charge in [-0.2, -0.15) is 0 Å². The maximum atomic E-state index is 13.4. The van der Waals surface area contributed by atoms with Gasteiger partial charge in [0, 0.05) is 32.0 Å². The molecule has 2 atom stereocenters. The molecule has 2 N–H and O–H groups in total. The minimum Gasteiger partial charge on any atom is -0.352 e. The van der Waals surface area contributed by atoms with Crippen molar-refractivity contribution in [3.05, 3.63) is 65.7 Å². The summed E-state index contributed by atoms with van der Waals surface area (Å²) in [7, 11) is 0. The highest BCUT2D eigenvalue weighted by molar-refractivity contribution is 5.81. The summed E-state index contributed by atoms with van der Waals surface area (Å²) in [5, 5.41) is 5.91. The standard InChI is InChI=1S/C23H29FN4O2/c1-2-3-13-26-23(30)28-16-19(22(29)27-15-17-5-4-12-25-14-17)8-11-21(28)18-6-9-20(24)10-7-18/h4-7,9-10,12,14,19,21H,2-3,8,11,13,15-16H2,1H3,(H,26,30)(H,27,29)/t19-,21-/m0/s1. The highest BCUT2D eigenvalue weighted by atomic mass is 19.1. The van der Waals surface area contributed by atoms with Crippen LogP contribution in [0, 0.1) is 11.7 Å². The van der Waals surface area contributed by atoms with Gasteiger partial charge in [0.25, 0.3) is 0 Å². The Morgan fingerprint density at radius 2 is 1.97 bits per heavy atom. The van der Waals surface area contributed by atoms with Crippen LogP contribution < -0.4 is 10.6 Å². The molecular weight excluding hydrogens is 383 g/mol. The fraction of sp³-hybridized carbons (Fsp3) is 0.435. The Morgan fingerprint density at radius 3 is 2.67 bits per heavy atom. The van der Waals surface area contributed by atoms with Gasteiger partial charge in [0.15, 0.2) is 0 Å². The summed E-state index contributed by atoms with van der Waals surface area (Å²) in [6.45, 7) is 3.41. The van der Waals surface area contributed by atoms with Crippen LogP contribution in [0.2, 0.25) is 0 Å². The molecule has 0 radical (unpaired) electrons. The van der Waals surface area contributed by atoms with E-state index < -0.39 is 0 Å². The summed E-state index contributed by atoms with van der Waals surface area (Å²) in [6, 6.07) is 9.65. The topological polar surface area (TPSA) is 74.3 Å². The van der Waals surface area contributed by atoms with Crippen LogP contribution >= 0.6 is 0 Å². The van der Waals surface area contributed by atoms with Crippen LogP contribution in [0.15, 0.2) is 48.8 Å². The number of halogens is 1. The van der Waals surface area contributed by atoms with Gasteiger partial charge in [-0.25, -0.2) is 9.18 Å². The number of urea groups is 1. The Bertz CT molecular complexity index is 829. The second kappa shape index (κ2) is 10.7. The molecule has 1 saturated heterocycles. The molecule has 2 aromatic rings. The maximum absolute atomic E-state index is 13.4. The van der Waals surface area contributed by atoms with E-state index >= 15 is 0 Å². The van der Waals surface area contributed by atoms with Crippen LogP contribution in [0.5, 0.6) is 0 Å². The number of nitrogens with zero attached hydrogens (tertiary/aromatic N) is 2. The smallest absolute Gasteiger partial charge is 0.317 e. The molecule has 6 nitrogen and oxygen atoms in total. The summed E-state index contributed by atoms with van der Waals surface area (Å²) >= 11 is 0. The van der Waals surface area contributed by atoms with E-state index in [1.807, 2.05) is 12.1 Å². The number of benzene rings is 1. The Kier molecular flexibility index (Phi) is 7.76. The molecular formula is C23H29FN4O2. The first kappa shape index (κ1) is 21.7. The Balaban J connectivity index is 1.67. The molecule has 0 bridgehead atoms. The van der Waals surface area contributed by atoms with Gasteiger partial charge in [0.05, 0.1) is 12.0 Å². The zero-order valence-electron chi connectivity index (χ0n) is 17.3. The minimum atomic E-state index is -0.304. The predicted molar refractivity (Wildman–Crippen MR) is 113 cm³/mol. The SMILES string of the molecule is CCCCNC(=O)N1C[C@@H](C(=O)NCc2cccnc2)CC[C@H]1c1ccc(F)cc1. The monoisotopic (exact) mass is 412 g/mol. The first-order valence-corrected chi connectivity index (χ1v) is 10.5. The van der Waals surface area contributed by atoms with Crippen molar-refractivity contribution >= 4 is 11.9 Å². The van der Waals surface area contributed by atoms with E-state index in [2.05, 4.69) is 22.5 Å². The van der Waals surface area contributed by atoms with E-state index in [0.717, 1.165) is 24.0 Å². The molecule has 1 aromatic heterocycles. The molecule has 30 heavy (non-hydrogen) atoms. The van der Waals surface area contributed by atoms with Gasteiger partial charge in [-0.05, 0) is 48.6 Å². The molecule has 3 amide bonds. The summed E-state index contributed by atoms with van der Waals surface area (Å²) < 4.78 is 13.4. The highest BCUT2D eigenvalue weighted by Crippen LogP contribution is 2.33. The summed E-state index contributed by atoms with van der Waals surface area (Å²) in [4.78, 5) is 31.4. The van der Waals surface area contributed by atoms with Gasteiger partial charge in [-0.1, -0.05) is 31.5 Å². The number of carbonyl (C=O) groups is 2. The molecule has 0 unspecified atom stereocenters. The van der Waals surface area contributed by atoms with Crippen molar-refractivity contribution in [1.82, 2.24) is 20.5 Å². The number of amides is 3. The van der Waals surface area contributed by atoms with E-state index in [9.17, 15) is 14.0 Å². The second-order valence-electron chi connectivity index (χ2n) is 7.66. The van der Waals surface area contributed by atoms with E-state index in [1.165, 1.54) is 12.1 Å². The number of nitrogens with one attached hydrogen (secondary N) is 2. The van der Waals surface area contributed by atoms with Gasteiger partial charge in [0.1, 0.15) is 5.82 Å². The predicted octanol–water partition coefficient (Wildman–Crippen LogP) is 3.80. The Hall–Kier alpha value is -2.96. The minimum absolute atomic E-state index is 0.0669. The fourth-order valence-electron chi connectivity index (χ4n) is 3.75. The van der Waals surface area contributed by atoms with Gasteiger partial charge >= 0.3 is 6.03 Å². The quantitative estimate of drug-likeness (QED) is 0.680. The molecule has 1 fully saturated rings. The molecule has 3 rings (SSSR count). The number of hydrogen-bond acceptors (Lipinski definition) is 3. The van der Waals surface area contributed by atoms with Crippen molar-refractivity contribution in [2.75, 3.05) is 13.1 Å². The number of likely N-dealkylation sites (tertiary alicyclic amines) is 1. The van der Waals surface area contributed by atoms with Crippen LogP contribution in [0.4, 0.5) is 9.18 Å². The third kappa shape index (κ3) is 5.78. The lowest BCUT2D eigenvalue weighted by Gasteiger charge is -2.39. The van der Waals surface area contributed by atoms with E-state index in [-0.39, 0.29) is 29.7 Å². The van der Waals surface area contributed by atoms with Crippen molar-refractivity contribution in [2.24, 2.45) is 5.92 Å².